The summed E-state index contributed by atoms with van der Waals surface area (Å²) in [7, 11) is 0. The van der Waals surface area contributed by atoms with Crippen LogP contribution in [0.4, 0.5) is 0 Å². The van der Waals surface area contributed by atoms with Crippen molar-refractivity contribution < 1.29 is 4.52 Å². The largest absolute Gasteiger partial charge is 0.338 e. The number of hydrogen-bond acceptors (Lipinski definition) is 4. The first-order valence-electron chi connectivity index (χ1n) is 7.42. The van der Waals surface area contributed by atoms with Gasteiger partial charge >= 0.3 is 0 Å². The van der Waals surface area contributed by atoms with Gasteiger partial charge in [0, 0.05) is 12.5 Å². The highest BCUT2D eigenvalue weighted by atomic mass is 16.5. The fourth-order valence-corrected chi connectivity index (χ4v) is 3.61. The second-order valence-electron chi connectivity index (χ2n) is 5.73. The third-order valence-electron chi connectivity index (χ3n) is 4.43. The van der Waals surface area contributed by atoms with Crippen LogP contribution in [0.5, 0.6) is 0 Å². The normalized spacial score (nSPS) is 28.5. The molecule has 1 aromatic heterocycles. The van der Waals surface area contributed by atoms with Crippen molar-refractivity contribution in [2.24, 2.45) is 5.92 Å². The zero-order valence-electron chi connectivity index (χ0n) is 11.3. The molecule has 0 aromatic carbocycles. The van der Waals surface area contributed by atoms with Crippen molar-refractivity contribution in [1.82, 2.24) is 15.0 Å². The molecule has 0 bridgehead atoms. The van der Waals surface area contributed by atoms with Gasteiger partial charge in [-0.1, -0.05) is 18.5 Å². The molecule has 2 atom stereocenters. The van der Waals surface area contributed by atoms with Crippen molar-refractivity contribution in [3.05, 3.63) is 11.7 Å². The van der Waals surface area contributed by atoms with E-state index in [1.165, 1.54) is 38.6 Å². The molecule has 1 aliphatic heterocycles. The van der Waals surface area contributed by atoms with E-state index in [0.29, 0.717) is 0 Å². The third kappa shape index (κ3) is 2.44. The maximum Gasteiger partial charge on any atom is 0.240 e. The molecule has 18 heavy (non-hydrogen) atoms. The minimum atomic E-state index is 0.778. The Morgan fingerprint density at radius 1 is 1.28 bits per heavy atom. The average Bonchev–Trinajstić information content (AvgIpc) is 2.99. The standard InChI is InChI=1S/C14H23N3O/c1-2-5-13-15-14(18-16-13)10-17-9-4-7-11-6-3-8-12(11)17/h11-12H,2-10H2,1H3. The molecule has 1 saturated heterocycles. The number of likely N-dealkylation sites (tertiary alicyclic amines) is 1. The van der Waals surface area contributed by atoms with Crippen molar-refractivity contribution >= 4 is 0 Å². The van der Waals surface area contributed by atoms with Crippen molar-refractivity contribution in [3.8, 4) is 0 Å². The zero-order chi connectivity index (χ0) is 12.4. The fourth-order valence-electron chi connectivity index (χ4n) is 3.61. The number of piperidine rings is 1. The van der Waals surface area contributed by atoms with Gasteiger partial charge in [-0.3, -0.25) is 4.90 Å². The number of aryl methyl sites for hydroxylation is 1. The molecule has 100 valence electrons. The molecule has 0 N–H and O–H groups in total. The number of fused-ring (bicyclic) bond motifs is 1. The summed E-state index contributed by atoms with van der Waals surface area (Å²) in [4.78, 5) is 7.06. The molecule has 0 radical (unpaired) electrons. The SMILES string of the molecule is CCCc1noc(CN2CCCC3CCCC32)n1. The second-order valence-corrected chi connectivity index (χ2v) is 5.73. The quantitative estimate of drug-likeness (QED) is 0.823. The second kappa shape index (κ2) is 5.39. The molecule has 0 amide bonds. The van der Waals surface area contributed by atoms with Crippen LogP contribution in [0.25, 0.3) is 0 Å². The number of nitrogens with zero attached hydrogens (tertiary/aromatic N) is 3. The highest BCUT2D eigenvalue weighted by Gasteiger charge is 2.35. The molecule has 3 rings (SSSR count). The molecular formula is C14H23N3O. The Hall–Kier alpha value is -0.900. The lowest BCUT2D eigenvalue weighted by atomic mass is 9.92. The van der Waals surface area contributed by atoms with E-state index in [9.17, 15) is 0 Å². The van der Waals surface area contributed by atoms with E-state index >= 15 is 0 Å². The Balaban J connectivity index is 1.63. The summed E-state index contributed by atoms with van der Waals surface area (Å²) in [5, 5.41) is 4.04. The summed E-state index contributed by atoms with van der Waals surface area (Å²) in [6.45, 7) is 4.20. The van der Waals surface area contributed by atoms with Gasteiger partial charge in [0.1, 0.15) is 0 Å². The van der Waals surface area contributed by atoms with Gasteiger partial charge in [0.05, 0.1) is 6.54 Å². The van der Waals surface area contributed by atoms with E-state index in [2.05, 4.69) is 22.0 Å². The van der Waals surface area contributed by atoms with Gasteiger partial charge in [0.2, 0.25) is 5.89 Å². The van der Waals surface area contributed by atoms with E-state index in [-0.39, 0.29) is 0 Å². The van der Waals surface area contributed by atoms with Crippen molar-refractivity contribution in [2.45, 2.75) is 64.5 Å². The van der Waals surface area contributed by atoms with Crippen LogP contribution in [0, 0.1) is 5.92 Å². The van der Waals surface area contributed by atoms with Crippen LogP contribution in [-0.2, 0) is 13.0 Å². The molecule has 2 unspecified atom stereocenters. The first-order chi connectivity index (χ1) is 8.86. The average molecular weight is 249 g/mol. The van der Waals surface area contributed by atoms with Crippen LogP contribution in [0.15, 0.2) is 4.52 Å². The maximum atomic E-state index is 5.37. The summed E-state index contributed by atoms with van der Waals surface area (Å²) < 4.78 is 5.37. The number of aromatic nitrogens is 2. The monoisotopic (exact) mass is 249 g/mol. The van der Waals surface area contributed by atoms with E-state index < -0.39 is 0 Å². The fraction of sp³-hybridized carbons (Fsp3) is 0.857. The predicted molar refractivity (Wildman–Crippen MR) is 69.1 cm³/mol. The van der Waals surface area contributed by atoms with Crippen LogP contribution in [0.2, 0.25) is 0 Å². The van der Waals surface area contributed by atoms with Crippen molar-refractivity contribution in [1.29, 1.82) is 0 Å². The van der Waals surface area contributed by atoms with Crippen LogP contribution < -0.4 is 0 Å². The van der Waals surface area contributed by atoms with Crippen molar-refractivity contribution in [3.63, 3.8) is 0 Å². The molecule has 1 aliphatic carbocycles. The van der Waals surface area contributed by atoms with Crippen molar-refractivity contribution in [2.75, 3.05) is 6.54 Å². The lowest BCUT2D eigenvalue weighted by Gasteiger charge is -2.36. The van der Waals surface area contributed by atoms with Gasteiger partial charge < -0.3 is 4.52 Å². The first kappa shape index (κ1) is 12.2. The van der Waals surface area contributed by atoms with E-state index in [0.717, 1.165) is 43.1 Å². The smallest absolute Gasteiger partial charge is 0.240 e. The molecular weight excluding hydrogens is 226 g/mol. The first-order valence-corrected chi connectivity index (χ1v) is 7.42. The summed E-state index contributed by atoms with van der Waals surface area (Å²) in [5.41, 5.74) is 0. The van der Waals surface area contributed by atoms with Gasteiger partial charge in [0.15, 0.2) is 5.82 Å². The molecule has 2 fully saturated rings. The van der Waals surface area contributed by atoms with E-state index in [4.69, 9.17) is 4.52 Å². The zero-order valence-corrected chi connectivity index (χ0v) is 11.3. The Morgan fingerprint density at radius 2 is 2.17 bits per heavy atom. The number of rotatable bonds is 4. The minimum absolute atomic E-state index is 0.778. The van der Waals surface area contributed by atoms with Gasteiger partial charge in [-0.05, 0) is 44.6 Å². The van der Waals surface area contributed by atoms with E-state index in [1.807, 2.05) is 0 Å². The van der Waals surface area contributed by atoms with Gasteiger partial charge in [-0.25, -0.2) is 0 Å². The van der Waals surface area contributed by atoms with E-state index in [1.54, 1.807) is 0 Å². The Bertz CT molecular complexity index is 390. The molecule has 2 aliphatic rings. The molecule has 4 nitrogen and oxygen atoms in total. The molecule has 4 heteroatoms. The maximum absolute atomic E-state index is 5.37. The minimum Gasteiger partial charge on any atom is -0.338 e. The van der Waals surface area contributed by atoms with Crippen LogP contribution in [0.3, 0.4) is 0 Å². The molecule has 2 heterocycles. The highest BCUT2D eigenvalue weighted by molar-refractivity contribution is 4.92. The summed E-state index contributed by atoms with van der Waals surface area (Å²) in [5.74, 6) is 2.61. The predicted octanol–water partition coefficient (Wildman–Crippen LogP) is 2.79. The van der Waals surface area contributed by atoms with Gasteiger partial charge in [0.25, 0.3) is 0 Å². The van der Waals surface area contributed by atoms with Gasteiger partial charge in [-0.15, -0.1) is 0 Å². The Labute approximate surface area is 109 Å². The van der Waals surface area contributed by atoms with Crippen LogP contribution in [-0.4, -0.2) is 27.6 Å². The lowest BCUT2D eigenvalue weighted by Crippen LogP contribution is -2.41. The summed E-state index contributed by atoms with van der Waals surface area (Å²) >= 11 is 0. The Morgan fingerprint density at radius 3 is 3.06 bits per heavy atom. The third-order valence-corrected chi connectivity index (χ3v) is 4.43. The lowest BCUT2D eigenvalue weighted by molar-refractivity contribution is 0.0933. The molecule has 0 spiro atoms. The summed E-state index contributed by atoms with van der Waals surface area (Å²) in [6.07, 6.45) is 8.94. The number of hydrogen-bond donors (Lipinski definition) is 0. The summed E-state index contributed by atoms with van der Waals surface area (Å²) in [6, 6.07) is 0.778. The van der Waals surface area contributed by atoms with Crippen LogP contribution in [0.1, 0.15) is 57.2 Å². The Kier molecular flexibility index (Phi) is 3.64. The molecule has 1 saturated carbocycles. The van der Waals surface area contributed by atoms with Gasteiger partial charge in [-0.2, -0.15) is 4.98 Å². The molecule has 1 aromatic rings. The topological polar surface area (TPSA) is 42.2 Å². The highest BCUT2D eigenvalue weighted by Crippen LogP contribution is 2.37. The van der Waals surface area contributed by atoms with Crippen LogP contribution >= 0.6 is 0 Å².